The molecule has 110 valence electrons. The number of sulfonamides is 1. The minimum atomic E-state index is -4.43. The lowest BCUT2D eigenvalue weighted by Crippen LogP contribution is -2.15. The van der Waals surface area contributed by atoms with E-state index in [1.165, 1.54) is 0 Å². The minimum Gasteiger partial charge on any atom is -0.483 e. The number of nitro groups is 1. The normalized spacial score (nSPS) is 12.3. The number of ether oxygens (including phenoxy) is 1. The summed E-state index contributed by atoms with van der Waals surface area (Å²) in [5.41, 5.74) is 0.152. The smallest absolute Gasteiger partial charge is 0.274 e. The highest BCUT2D eigenvalue weighted by molar-refractivity contribution is 7.89. The molecule has 0 atom stereocenters. The summed E-state index contributed by atoms with van der Waals surface area (Å²) in [5, 5.41) is 15.4. The number of benzene rings is 1. The van der Waals surface area contributed by atoms with Crippen molar-refractivity contribution < 1.29 is 22.5 Å². The van der Waals surface area contributed by atoms with Gasteiger partial charge in [-0.15, -0.1) is 0 Å². The molecule has 1 aromatic carbocycles. The number of nitro benzene ring substituents is 1. The maximum absolute atomic E-state index is 13.7. The van der Waals surface area contributed by atoms with Gasteiger partial charge in [0.2, 0.25) is 10.0 Å². The fourth-order valence-corrected chi connectivity index (χ4v) is 2.00. The molecule has 11 heteroatoms. The maximum Gasteiger partial charge on any atom is 0.274 e. The van der Waals surface area contributed by atoms with Gasteiger partial charge in [-0.2, -0.15) is 0 Å². The zero-order valence-corrected chi connectivity index (χ0v) is 11.9. The highest BCUT2D eigenvalue weighted by Gasteiger charge is 2.25. The Kier molecular flexibility index (Phi) is 5.28. The van der Waals surface area contributed by atoms with Crippen molar-refractivity contribution in [2.75, 3.05) is 6.61 Å². The van der Waals surface area contributed by atoms with Gasteiger partial charge in [-0.25, -0.2) is 17.9 Å². The predicted molar refractivity (Wildman–Crippen MR) is 69.7 cm³/mol. The lowest BCUT2D eigenvalue weighted by molar-refractivity contribution is -0.385. The predicted octanol–water partition coefficient (Wildman–Crippen LogP) is 2.08. The second kappa shape index (κ2) is 6.35. The third-order valence-corrected chi connectivity index (χ3v) is 3.49. The number of nitrogens with zero attached hydrogens (tertiary/aromatic N) is 1. The van der Waals surface area contributed by atoms with Crippen LogP contribution in [0.5, 0.6) is 5.75 Å². The van der Waals surface area contributed by atoms with Crippen LogP contribution in [0.15, 0.2) is 27.6 Å². The first kappa shape index (κ1) is 16.6. The van der Waals surface area contributed by atoms with Gasteiger partial charge in [0, 0.05) is 11.6 Å². The Morgan fingerprint density at radius 2 is 2.15 bits per heavy atom. The Morgan fingerprint density at radius 1 is 1.55 bits per heavy atom. The van der Waals surface area contributed by atoms with Crippen LogP contribution in [0, 0.1) is 15.9 Å². The van der Waals surface area contributed by atoms with E-state index in [9.17, 15) is 22.9 Å². The number of halogens is 3. The Balaban J connectivity index is 3.39. The van der Waals surface area contributed by atoms with Gasteiger partial charge < -0.3 is 4.74 Å². The summed E-state index contributed by atoms with van der Waals surface area (Å²) in [5.74, 6) is -2.03. The lowest BCUT2D eigenvalue weighted by Gasteiger charge is -2.10. The molecule has 0 aliphatic heterocycles. The van der Waals surface area contributed by atoms with Crippen molar-refractivity contribution in [3.63, 3.8) is 0 Å². The Morgan fingerprint density at radius 3 is 2.60 bits per heavy atom. The Labute approximate surface area is 122 Å². The second-order valence-corrected chi connectivity index (χ2v) is 5.64. The van der Waals surface area contributed by atoms with Crippen molar-refractivity contribution in [3.8, 4) is 5.75 Å². The van der Waals surface area contributed by atoms with Crippen molar-refractivity contribution in [2.45, 2.75) is 4.90 Å². The van der Waals surface area contributed by atoms with Crippen LogP contribution in [0.2, 0.25) is 0 Å². The third-order valence-electron chi connectivity index (χ3n) is 1.98. The number of rotatable bonds is 5. The molecule has 0 saturated heterocycles. The molecule has 0 aromatic heterocycles. The Bertz CT molecular complexity index is 677. The van der Waals surface area contributed by atoms with E-state index in [-0.39, 0.29) is 5.03 Å². The molecule has 0 radical (unpaired) electrons. The third kappa shape index (κ3) is 4.04. The monoisotopic (exact) mass is 344 g/mol. The van der Waals surface area contributed by atoms with Crippen molar-refractivity contribution in [3.05, 3.63) is 38.6 Å². The fraction of sp³-hybridized carbons (Fsp3) is 0.111. The van der Waals surface area contributed by atoms with E-state index < -0.39 is 43.7 Å². The zero-order chi connectivity index (χ0) is 15.5. The van der Waals surface area contributed by atoms with Gasteiger partial charge >= 0.3 is 0 Å². The molecular weight excluding hydrogens is 338 g/mol. The van der Waals surface area contributed by atoms with Crippen LogP contribution in [0.25, 0.3) is 0 Å². The average molecular weight is 345 g/mol. The molecular formula is C9H7Cl2FN2O5S. The zero-order valence-electron chi connectivity index (χ0n) is 9.55. The highest BCUT2D eigenvalue weighted by Crippen LogP contribution is 2.31. The molecule has 0 amide bonds. The standard InChI is InChI=1S/C9H7Cl2FN2O5S/c10-3-5(11)4-19-9-7(12)1-6(14(15)16)2-8(9)20(13,17)18/h1-3H,4H2,(H2,13,17,18)/b5-3-. The summed E-state index contributed by atoms with van der Waals surface area (Å²) < 4.78 is 41.2. The van der Waals surface area contributed by atoms with Gasteiger partial charge in [-0.3, -0.25) is 10.1 Å². The van der Waals surface area contributed by atoms with Crippen LogP contribution < -0.4 is 9.88 Å². The van der Waals surface area contributed by atoms with Crippen LogP contribution in [0.3, 0.4) is 0 Å². The van der Waals surface area contributed by atoms with Crippen LogP contribution in [0.1, 0.15) is 0 Å². The molecule has 7 nitrogen and oxygen atoms in total. The van der Waals surface area contributed by atoms with Gasteiger partial charge in [-0.1, -0.05) is 23.2 Å². The fourth-order valence-electron chi connectivity index (χ4n) is 1.18. The van der Waals surface area contributed by atoms with Crippen LogP contribution in [0.4, 0.5) is 10.1 Å². The van der Waals surface area contributed by atoms with E-state index in [0.29, 0.717) is 12.1 Å². The SMILES string of the molecule is NS(=O)(=O)c1cc([N+](=O)[O-])cc(F)c1OC/C(Cl)=C/Cl. The van der Waals surface area contributed by atoms with E-state index >= 15 is 0 Å². The molecule has 0 fully saturated rings. The Hall–Kier alpha value is -1.42. The molecule has 20 heavy (non-hydrogen) atoms. The van der Waals surface area contributed by atoms with Crippen LogP contribution in [-0.4, -0.2) is 19.9 Å². The number of primary sulfonamides is 1. The highest BCUT2D eigenvalue weighted by atomic mass is 35.5. The number of hydrogen-bond acceptors (Lipinski definition) is 5. The quantitative estimate of drug-likeness (QED) is 0.648. The summed E-state index contributed by atoms with van der Waals surface area (Å²) in [6.07, 6.45) is 0. The van der Waals surface area contributed by atoms with Crippen LogP contribution >= 0.6 is 23.2 Å². The molecule has 0 unspecified atom stereocenters. The number of hydrogen-bond donors (Lipinski definition) is 1. The van der Waals surface area contributed by atoms with Gasteiger partial charge in [0.25, 0.3) is 5.69 Å². The lowest BCUT2D eigenvalue weighted by atomic mass is 10.3. The van der Waals surface area contributed by atoms with Crippen molar-refractivity contribution in [1.29, 1.82) is 0 Å². The number of nitrogens with two attached hydrogens (primary N) is 1. The molecule has 0 bridgehead atoms. The maximum atomic E-state index is 13.7. The molecule has 0 spiro atoms. The average Bonchev–Trinajstić information content (AvgIpc) is 2.34. The van der Waals surface area contributed by atoms with Gasteiger partial charge in [0.15, 0.2) is 11.6 Å². The van der Waals surface area contributed by atoms with Gasteiger partial charge in [0.1, 0.15) is 11.5 Å². The second-order valence-electron chi connectivity index (χ2n) is 3.40. The first-order valence-corrected chi connectivity index (χ1v) is 7.11. The van der Waals surface area contributed by atoms with E-state index in [1.807, 2.05) is 0 Å². The van der Waals surface area contributed by atoms with Gasteiger partial charge in [0.05, 0.1) is 16.0 Å². The summed E-state index contributed by atoms with van der Waals surface area (Å²) in [6.45, 7) is -0.428. The molecule has 0 aliphatic carbocycles. The molecule has 0 aliphatic rings. The van der Waals surface area contributed by atoms with Crippen molar-refractivity contribution in [1.82, 2.24) is 0 Å². The van der Waals surface area contributed by atoms with Crippen molar-refractivity contribution >= 4 is 38.9 Å². The summed E-state index contributed by atoms with van der Waals surface area (Å²) in [6, 6.07) is 1.09. The van der Waals surface area contributed by atoms with Crippen molar-refractivity contribution in [2.24, 2.45) is 5.14 Å². The molecule has 2 N–H and O–H groups in total. The van der Waals surface area contributed by atoms with Gasteiger partial charge in [-0.05, 0) is 0 Å². The number of non-ortho nitro benzene ring substituents is 1. The molecule has 1 aromatic rings. The molecule has 0 heterocycles. The van der Waals surface area contributed by atoms with E-state index in [4.69, 9.17) is 33.1 Å². The molecule has 0 saturated carbocycles. The molecule has 1 rings (SSSR count). The van der Waals surface area contributed by atoms with E-state index in [1.54, 1.807) is 0 Å². The van der Waals surface area contributed by atoms with E-state index in [0.717, 1.165) is 5.54 Å². The topological polar surface area (TPSA) is 113 Å². The first-order chi connectivity index (χ1) is 9.16. The summed E-state index contributed by atoms with van der Waals surface area (Å²) in [4.78, 5) is 8.75. The van der Waals surface area contributed by atoms with E-state index in [2.05, 4.69) is 0 Å². The minimum absolute atomic E-state index is 0.0372. The summed E-state index contributed by atoms with van der Waals surface area (Å²) >= 11 is 10.8. The van der Waals surface area contributed by atoms with Crippen LogP contribution in [-0.2, 0) is 10.0 Å². The first-order valence-electron chi connectivity index (χ1n) is 4.75. The summed E-state index contributed by atoms with van der Waals surface area (Å²) in [7, 11) is -4.43. The largest absolute Gasteiger partial charge is 0.483 e.